The van der Waals surface area contributed by atoms with E-state index in [1.165, 1.54) is 19.3 Å². The van der Waals surface area contributed by atoms with Gasteiger partial charge in [-0.25, -0.2) is 4.98 Å². The van der Waals surface area contributed by atoms with Gasteiger partial charge in [-0.1, -0.05) is 12.5 Å². The second-order valence-electron chi connectivity index (χ2n) is 6.16. The summed E-state index contributed by atoms with van der Waals surface area (Å²) in [7, 11) is 0. The van der Waals surface area contributed by atoms with Crippen LogP contribution in [-0.2, 0) is 11.3 Å². The van der Waals surface area contributed by atoms with Crippen LogP contribution in [0.4, 0.5) is 0 Å². The molecule has 0 spiro atoms. The Morgan fingerprint density at radius 1 is 1.36 bits per heavy atom. The molecule has 0 bridgehead atoms. The molecule has 1 saturated heterocycles. The molecule has 1 aromatic heterocycles. The molecular weight excluding hydrogens is 276 g/mol. The Balaban J connectivity index is 1.59. The molecule has 5 nitrogen and oxygen atoms in total. The van der Waals surface area contributed by atoms with Crippen LogP contribution < -0.4 is 5.32 Å². The second-order valence-corrected chi connectivity index (χ2v) is 6.16. The van der Waals surface area contributed by atoms with E-state index in [1.807, 2.05) is 26.0 Å². The van der Waals surface area contributed by atoms with E-state index in [-0.39, 0.29) is 11.9 Å². The van der Waals surface area contributed by atoms with Crippen LogP contribution in [0.1, 0.15) is 37.6 Å². The molecule has 0 radical (unpaired) electrons. The van der Waals surface area contributed by atoms with Gasteiger partial charge in [0, 0.05) is 6.54 Å². The number of likely N-dealkylation sites (tertiary alicyclic amines) is 1. The number of aromatic amines is 1. The van der Waals surface area contributed by atoms with Crippen LogP contribution in [0.3, 0.4) is 0 Å². The first-order valence-electron chi connectivity index (χ1n) is 8.10. The van der Waals surface area contributed by atoms with E-state index in [1.54, 1.807) is 0 Å². The Hall–Kier alpha value is -1.88. The Bertz CT molecular complexity index is 658. The maximum atomic E-state index is 12.3. The van der Waals surface area contributed by atoms with E-state index in [4.69, 9.17) is 0 Å². The zero-order valence-electron chi connectivity index (χ0n) is 13.4. The fraction of sp³-hybridized carbons (Fsp3) is 0.529. The lowest BCUT2D eigenvalue weighted by Crippen LogP contribution is -2.46. The fourth-order valence-corrected chi connectivity index (χ4v) is 3.10. The van der Waals surface area contributed by atoms with E-state index in [0.29, 0.717) is 6.54 Å². The van der Waals surface area contributed by atoms with Crippen LogP contribution in [0.15, 0.2) is 18.2 Å². The fourth-order valence-electron chi connectivity index (χ4n) is 3.10. The molecule has 1 aromatic carbocycles. The predicted molar refractivity (Wildman–Crippen MR) is 87.6 cm³/mol. The summed E-state index contributed by atoms with van der Waals surface area (Å²) in [5.41, 5.74) is 3.08. The molecule has 22 heavy (non-hydrogen) atoms. The number of nitrogens with zero attached hydrogens (tertiary/aromatic N) is 2. The van der Waals surface area contributed by atoms with Crippen molar-refractivity contribution in [3.05, 3.63) is 29.6 Å². The third-order valence-corrected chi connectivity index (χ3v) is 4.45. The van der Waals surface area contributed by atoms with Gasteiger partial charge in [-0.3, -0.25) is 9.69 Å². The molecule has 2 aromatic rings. The minimum Gasteiger partial charge on any atom is -0.351 e. The molecular formula is C17H24N4O. The predicted octanol–water partition coefficient (Wildman–Crippen LogP) is 2.36. The van der Waals surface area contributed by atoms with E-state index in [0.717, 1.165) is 35.5 Å². The van der Waals surface area contributed by atoms with Gasteiger partial charge in [0.15, 0.2) is 0 Å². The summed E-state index contributed by atoms with van der Waals surface area (Å²) in [5, 5.41) is 3.05. The molecule has 1 atom stereocenters. The number of amides is 1. The first kappa shape index (κ1) is 15.0. The number of aryl methyl sites for hydroxylation is 1. The summed E-state index contributed by atoms with van der Waals surface area (Å²) in [6.45, 7) is 6.58. The molecule has 5 heteroatoms. The van der Waals surface area contributed by atoms with Gasteiger partial charge < -0.3 is 10.3 Å². The highest BCUT2D eigenvalue weighted by molar-refractivity contribution is 5.81. The minimum absolute atomic E-state index is 0.0431. The Morgan fingerprint density at radius 3 is 2.91 bits per heavy atom. The number of H-pyrrole nitrogens is 1. The van der Waals surface area contributed by atoms with Gasteiger partial charge in [0.1, 0.15) is 5.82 Å². The van der Waals surface area contributed by atoms with Crippen molar-refractivity contribution in [3.8, 4) is 0 Å². The van der Waals surface area contributed by atoms with Crippen LogP contribution in [-0.4, -0.2) is 39.9 Å². The lowest BCUT2D eigenvalue weighted by molar-refractivity contribution is -0.126. The summed E-state index contributed by atoms with van der Waals surface area (Å²) in [4.78, 5) is 22.2. The van der Waals surface area contributed by atoms with Crippen LogP contribution in [0.5, 0.6) is 0 Å². The third-order valence-electron chi connectivity index (χ3n) is 4.45. The zero-order valence-corrected chi connectivity index (χ0v) is 13.4. The van der Waals surface area contributed by atoms with Gasteiger partial charge in [0.05, 0.1) is 17.1 Å². The third kappa shape index (κ3) is 3.30. The van der Waals surface area contributed by atoms with Crippen molar-refractivity contribution >= 4 is 16.9 Å². The van der Waals surface area contributed by atoms with Crippen LogP contribution in [0, 0.1) is 6.92 Å². The highest BCUT2D eigenvalue weighted by Gasteiger charge is 2.22. The average molecular weight is 300 g/mol. The molecule has 0 saturated carbocycles. The van der Waals surface area contributed by atoms with Crippen molar-refractivity contribution < 1.29 is 4.79 Å². The highest BCUT2D eigenvalue weighted by atomic mass is 16.2. The Kier molecular flexibility index (Phi) is 4.43. The number of carbonyl (C=O) groups is 1. The van der Waals surface area contributed by atoms with Crippen molar-refractivity contribution in [2.24, 2.45) is 0 Å². The molecule has 0 aliphatic carbocycles. The maximum Gasteiger partial charge on any atom is 0.237 e. The first-order chi connectivity index (χ1) is 10.6. The van der Waals surface area contributed by atoms with Crippen molar-refractivity contribution in [3.63, 3.8) is 0 Å². The molecule has 0 unspecified atom stereocenters. The number of nitrogens with one attached hydrogen (secondary N) is 2. The molecule has 2 heterocycles. The van der Waals surface area contributed by atoms with Gasteiger partial charge in [0.25, 0.3) is 0 Å². The lowest BCUT2D eigenvalue weighted by atomic mass is 10.1. The van der Waals surface area contributed by atoms with Crippen molar-refractivity contribution in [2.75, 3.05) is 13.1 Å². The number of aromatic nitrogens is 2. The number of hydrogen-bond acceptors (Lipinski definition) is 3. The van der Waals surface area contributed by atoms with Crippen molar-refractivity contribution in [1.29, 1.82) is 0 Å². The minimum atomic E-state index is -0.0431. The average Bonchev–Trinajstić information content (AvgIpc) is 2.92. The maximum absolute atomic E-state index is 12.3. The SMILES string of the molecule is Cc1nc2ccc(CNC(=O)[C@@H](C)N3CCCCC3)cc2[nH]1. The molecule has 3 rings (SSSR count). The summed E-state index contributed by atoms with van der Waals surface area (Å²) >= 11 is 0. The topological polar surface area (TPSA) is 61.0 Å². The molecule has 1 amide bonds. The first-order valence-corrected chi connectivity index (χ1v) is 8.10. The number of fused-ring (bicyclic) bond motifs is 1. The van der Waals surface area contributed by atoms with Crippen LogP contribution in [0.25, 0.3) is 11.0 Å². The Morgan fingerprint density at radius 2 is 2.14 bits per heavy atom. The molecule has 1 aliphatic heterocycles. The van der Waals surface area contributed by atoms with E-state index < -0.39 is 0 Å². The van der Waals surface area contributed by atoms with Crippen molar-refractivity contribution in [1.82, 2.24) is 20.2 Å². The quantitative estimate of drug-likeness (QED) is 0.911. The normalized spacial score (nSPS) is 17.5. The molecule has 1 fully saturated rings. The Labute approximate surface area is 131 Å². The van der Waals surface area contributed by atoms with Crippen LogP contribution in [0.2, 0.25) is 0 Å². The highest BCUT2D eigenvalue weighted by Crippen LogP contribution is 2.14. The standard InChI is InChI=1S/C17H24N4O/c1-12(21-8-4-3-5-9-21)17(22)18-11-14-6-7-15-16(10-14)20-13(2)19-15/h6-7,10,12H,3-5,8-9,11H2,1-2H3,(H,18,22)(H,19,20)/t12-/m1/s1. The summed E-state index contributed by atoms with van der Waals surface area (Å²) in [6, 6.07) is 6.03. The lowest BCUT2D eigenvalue weighted by Gasteiger charge is -2.31. The van der Waals surface area contributed by atoms with Gasteiger partial charge >= 0.3 is 0 Å². The van der Waals surface area contributed by atoms with Crippen molar-refractivity contribution in [2.45, 2.75) is 45.7 Å². The largest absolute Gasteiger partial charge is 0.351 e. The van der Waals surface area contributed by atoms with Gasteiger partial charge in [-0.05, 0) is 57.5 Å². The summed E-state index contributed by atoms with van der Waals surface area (Å²) < 4.78 is 0. The molecule has 1 aliphatic rings. The zero-order chi connectivity index (χ0) is 15.5. The van der Waals surface area contributed by atoms with E-state index in [2.05, 4.69) is 26.3 Å². The van der Waals surface area contributed by atoms with Crippen LogP contribution >= 0.6 is 0 Å². The number of carbonyl (C=O) groups excluding carboxylic acids is 1. The van der Waals surface area contributed by atoms with E-state index >= 15 is 0 Å². The number of hydrogen-bond donors (Lipinski definition) is 2. The number of benzene rings is 1. The van der Waals surface area contributed by atoms with E-state index in [9.17, 15) is 4.79 Å². The second kappa shape index (κ2) is 6.48. The molecule has 2 N–H and O–H groups in total. The number of piperidine rings is 1. The smallest absolute Gasteiger partial charge is 0.237 e. The number of rotatable bonds is 4. The van der Waals surface area contributed by atoms with Gasteiger partial charge in [-0.2, -0.15) is 0 Å². The molecule has 118 valence electrons. The summed E-state index contributed by atoms with van der Waals surface area (Å²) in [5.74, 6) is 1.03. The number of imidazole rings is 1. The summed E-state index contributed by atoms with van der Waals surface area (Å²) in [6.07, 6.45) is 3.69. The van der Waals surface area contributed by atoms with Gasteiger partial charge in [0.2, 0.25) is 5.91 Å². The monoisotopic (exact) mass is 300 g/mol. The van der Waals surface area contributed by atoms with Gasteiger partial charge in [-0.15, -0.1) is 0 Å².